The molecule has 19 heavy (non-hydrogen) atoms. The Balaban J connectivity index is 2.09. The van der Waals surface area contributed by atoms with Gasteiger partial charge in [0.25, 0.3) is 5.91 Å². The van der Waals surface area contributed by atoms with E-state index < -0.39 is 0 Å². The fourth-order valence-corrected chi connectivity index (χ4v) is 1.87. The van der Waals surface area contributed by atoms with Crippen molar-refractivity contribution in [1.29, 1.82) is 5.26 Å². The van der Waals surface area contributed by atoms with Gasteiger partial charge in [-0.05, 0) is 45.8 Å². The van der Waals surface area contributed by atoms with Gasteiger partial charge in [-0.2, -0.15) is 5.26 Å². The molecular formula is C14H10BrN3O. The maximum absolute atomic E-state index is 11.9. The fraction of sp³-hybridized carbons (Fsp3) is 0.0714. The van der Waals surface area contributed by atoms with Crippen LogP contribution in [0.15, 0.2) is 47.1 Å². The van der Waals surface area contributed by atoms with Crippen LogP contribution in [-0.4, -0.2) is 10.9 Å². The average Bonchev–Trinajstić information content (AvgIpc) is 2.41. The number of aromatic nitrogens is 1. The standard InChI is InChI=1S/C14H10BrN3O/c15-13-3-1-2-12(18-13)14(19)17-11-6-4-10(5-7-11)8-9-16/h1-7H,8H2,(H,17,19). The summed E-state index contributed by atoms with van der Waals surface area (Å²) in [5, 5.41) is 11.3. The highest BCUT2D eigenvalue weighted by Crippen LogP contribution is 2.12. The third-order valence-corrected chi connectivity index (χ3v) is 2.88. The monoisotopic (exact) mass is 315 g/mol. The lowest BCUT2D eigenvalue weighted by Gasteiger charge is -2.05. The molecular weight excluding hydrogens is 306 g/mol. The third-order valence-electron chi connectivity index (χ3n) is 2.44. The molecule has 0 aliphatic rings. The topological polar surface area (TPSA) is 65.8 Å². The number of carbonyl (C=O) groups excluding carboxylic acids is 1. The van der Waals surface area contributed by atoms with Crippen molar-refractivity contribution in [2.45, 2.75) is 6.42 Å². The molecule has 0 spiro atoms. The molecule has 1 aromatic carbocycles. The zero-order chi connectivity index (χ0) is 13.7. The van der Waals surface area contributed by atoms with Crippen molar-refractivity contribution >= 4 is 27.5 Å². The van der Waals surface area contributed by atoms with Crippen LogP contribution in [0.2, 0.25) is 0 Å². The quantitative estimate of drug-likeness (QED) is 0.885. The Morgan fingerprint density at radius 2 is 2.00 bits per heavy atom. The fourth-order valence-electron chi connectivity index (χ4n) is 1.53. The van der Waals surface area contributed by atoms with E-state index >= 15 is 0 Å². The molecule has 1 heterocycles. The molecule has 1 aromatic heterocycles. The van der Waals surface area contributed by atoms with E-state index in [1.807, 2.05) is 12.1 Å². The van der Waals surface area contributed by atoms with Gasteiger partial charge in [-0.15, -0.1) is 0 Å². The number of carbonyl (C=O) groups is 1. The molecule has 0 saturated carbocycles. The second kappa shape index (κ2) is 6.12. The van der Waals surface area contributed by atoms with Crippen LogP contribution >= 0.6 is 15.9 Å². The van der Waals surface area contributed by atoms with Crippen molar-refractivity contribution in [1.82, 2.24) is 4.98 Å². The van der Waals surface area contributed by atoms with E-state index in [4.69, 9.17) is 5.26 Å². The number of rotatable bonds is 3. The van der Waals surface area contributed by atoms with Gasteiger partial charge in [0, 0.05) is 5.69 Å². The number of nitriles is 1. The van der Waals surface area contributed by atoms with Gasteiger partial charge in [-0.25, -0.2) is 4.98 Å². The third kappa shape index (κ3) is 3.63. The van der Waals surface area contributed by atoms with Gasteiger partial charge in [-0.3, -0.25) is 4.79 Å². The SMILES string of the molecule is N#CCc1ccc(NC(=O)c2cccc(Br)n2)cc1. The Morgan fingerprint density at radius 1 is 1.26 bits per heavy atom. The highest BCUT2D eigenvalue weighted by Gasteiger charge is 2.07. The minimum atomic E-state index is -0.269. The molecule has 0 aliphatic carbocycles. The van der Waals surface area contributed by atoms with Gasteiger partial charge in [0.15, 0.2) is 0 Å². The Labute approximate surface area is 119 Å². The van der Waals surface area contributed by atoms with Gasteiger partial charge >= 0.3 is 0 Å². The number of nitrogens with zero attached hydrogens (tertiary/aromatic N) is 2. The van der Waals surface area contributed by atoms with Crippen LogP contribution in [0.4, 0.5) is 5.69 Å². The second-order valence-corrected chi connectivity index (χ2v) is 4.64. The Bertz CT molecular complexity index is 632. The Morgan fingerprint density at radius 3 is 2.63 bits per heavy atom. The molecule has 0 fully saturated rings. The van der Waals surface area contributed by atoms with Gasteiger partial charge in [0.05, 0.1) is 12.5 Å². The van der Waals surface area contributed by atoms with Gasteiger partial charge in [0.1, 0.15) is 10.3 Å². The number of nitrogens with one attached hydrogen (secondary N) is 1. The van der Waals surface area contributed by atoms with Crippen LogP contribution in [0.1, 0.15) is 16.1 Å². The van der Waals surface area contributed by atoms with Crippen molar-refractivity contribution < 1.29 is 4.79 Å². The van der Waals surface area contributed by atoms with E-state index in [0.29, 0.717) is 22.4 Å². The molecule has 2 aromatic rings. The average molecular weight is 316 g/mol. The minimum absolute atomic E-state index is 0.269. The summed E-state index contributed by atoms with van der Waals surface area (Å²) in [6.07, 6.45) is 0.363. The maximum Gasteiger partial charge on any atom is 0.274 e. The number of halogens is 1. The van der Waals surface area contributed by atoms with E-state index in [1.165, 1.54) is 0 Å². The summed E-state index contributed by atoms with van der Waals surface area (Å²) in [5.74, 6) is -0.269. The first-order valence-corrected chi connectivity index (χ1v) is 6.38. The Kier molecular flexibility index (Phi) is 4.26. The smallest absolute Gasteiger partial charge is 0.274 e. The number of pyridine rings is 1. The highest BCUT2D eigenvalue weighted by atomic mass is 79.9. The van der Waals surface area contributed by atoms with Crippen molar-refractivity contribution in [3.63, 3.8) is 0 Å². The van der Waals surface area contributed by atoms with Gasteiger partial charge in [-0.1, -0.05) is 18.2 Å². The van der Waals surface area contributed by atoms with Crippen LogP contribution in [0.25, 0.3) is 0 Å². The first-order valence-electron chi connectivity index (χ1n) is 5.59. The first-order chi connectivity index (χ1) is 9.19. The molecule has 1 amide bonds. The summed E-state index contributed by atoms with van der Waals surface area (Å²) >= 11 is 3.22. The lowest BCUT2D eigenvalue weighted by molar-refractivity contribution is 0.102. The van der Waals surface area contributed by atoms with Gasteiger partial charge < -0.3 is 5.32 Å². The van der Waals surface area contributed by atoms with Crippen molar-refractivity contribution in [2.75, 3.05) is 5.32 Å². The summed E-state index contributed by atoms with van der Waals surface area (Å²) in [6.45, 7) is 0. The predicted molar refractivity (Wildman–Crippen MR) is 75.6 cm³/mol. The largest absolute Gasteiger partial charge is 0.321 e. The molecule has 2 rings (SSSR count). The van der Waals surface area contributed by atoms with E-state index in [9.17, 15) is 4.79 Å². The molecule has 4 nitrogen and oxygen atoms in total. The summed E-state index contributed by atoms with van der Waals surface area (Å²) < 4.78 is 0.615. The highest BCUT2D eigenvalue weighted by molar-refractivity contribution is 9.10. The zero-order valence-corrected chi connectivity index (χ0v) is 11.5. The second-order valence-electron chi connectivity index (χ2n) is 3.83. The normalized spacial score (nSPS) is 9.68. The number of hydrogen-bond acceptors (Lipinski definition) is 3. The van der Waals surface area contributed by atoms with Gasteiger partial charge in [0.2, 0.25) is 0 Å². The summed E-state index contributed by atoms with van der Waals surface area (Å²) in [7, 11) is 0. The number of amides is 1. The molecule has 5 heteroatoms. The predicted octanol–water partition coefficient (Wildman–Crippen LogP) is 3.16. The first kappa shape index (κ1) is 13.2. The molecule has 0 bridgehead atoms. The molecule has 0 radical (unpaired) electrons. The summed E-state index contributed by atoms with van der Waals surface area (Å²) in [6, 6.07) is 14.4. The Hall–Kier alpha value is -2.19. The molecule has 0 saturated heterocycles. The van der Waals surface area contributed by atoms with Crippen LogP contribution in [0, 0.1) is 11.3 Å². The minimum Gasteiger partial charge on any atom is -0.321 e. The van der Waals surface area contributed by atoms with Crippen LogP contribution in [-0.2, 0) is 6.42 Å². The number of anilines is 1. The van der Waals surface area contributed by atoms with Crippen LogP contribution < -0.4 is 5.32 Å². The zero-order valence-electron chi connectivity index (χ0n) is 9.93. The van der Waals surface area contributed by atoms with Crippen molar-refractivity contribution in [3.8, 4) is 6.07 Å². The lowest BCUT2D eigenvalue weighted by Crippen LogP contribution is -2.13. The molecule has 0 atom stereocenters. The molecule has 0 aliphatic heterocycles. The van der Waals surface area contributed by atoms with Crippen LogP contribution in [0.3, 0.4) is 0 Å². The maximum atomic E-state index is 11.9. The van der Waals surface area contributed by atoms with E-state index in [-0.39, 0.29) is 5.91 Å². The van der Waals surface area contributed by atoms with Crippen molar-refractivity contribution in [3.05, 3.63) is 58.3 Å². The van der Waals surface area contributed by atoms with Crippen LogP contribution in [0.5, 0.6) is 0 Å². The molecule has 94 valence electrons. The van der Waals surface area contributed by atoms with E-state index in [1.54, 1.807) is 30.3 Å². The van der Waals surface area contributed by atoms with Crippen molar-refractivity contribution in [2.24, 2.45) is 0 Å². The molecule has 0 unspecified atom stereocenters. The molecule has 1 N–H and O–H groups in total. The van der Waals surface area contributed by atoms with E-state index in [2.05, 4.69) is 32.3 Å². The lowest BCUT2D eigenvalue weighted by atomic mass is 10.1. The summed E-state index contributed by atoms with van der Waals surface area (Å²) in [4.78, 5) is 16.0. The van der Waals surface area contributed by atoms with E-state index in [0.717, 1.165) is 5.56 Å². The number of hydrogen-bond donors (Lipinski definition) is 1. The summed E-state index contributed by atoms with van der Waals surface area (Å²) in [5.41, 5.74) is 1.94. The number of benzene rings is 1.